The Morgan fingerprint density at radius 1 is 1.00 bits per heavy atom. The van der Waals surface area contributed by atoms with Crippen molar-refractivity contribution in [2.75, 3.05) is 12.4 Å². The highest BCUT2D eigenvalue weighted by molar-refractivity contribution is 5.96. The Kier molecular flexibility index (Phi) is 4.90. The highest BCUT2D eigenvalue weighted by Crippen LogP contribution is 2.35. The van der Waals surface area contributed by atoms with Crippen LogP contribution in [0.25, 0.3) is 0 Å². The van der Waals surface area contributed by atoms with Gasteiger partial charge in [0.05, 0.1) is 0 Å². The number of hydrogen-bond donors (Lipinski definition) is 1. The molecule has 1 unspecified atom stereocenters. The third-order valence-corrected chi connectivity index (χ3v) is 2.28. The van der Waals surface area contributed by atoms with Gasteiger partial charge in [-0.1, -0.05) is 0 Å². The maximum Gasteiger partial charge on any atom is 0.573 e. The second-order valence-corrected chi connectivity index (χ2v) is 3.82. The number of hydrogen-bond acceptors (Lipinski definition) is 3. The molecule has 4 nitrogen and oxygen atoms in total. The van der Waals surface area contributed by atoms with Gasteiger partial charge in [-0.3, -0.25) is 4.79 Å². The maximum atomic E-state index is 13.5. The molecule has 1 atom stereocenters. The average Bonchev–Trinajstić information content (AvgIpc) is 2.36. The first kappa shape index (κ1) is 18.0. The van der Waals surface area contributed by atoms with Crippen LogP contribution in [-0.4, -0.2) is 31.4 Å². The third kappa shape index (κ3) is 4.23. The molecule has 0 heterocycles. The van der Waals surface area contributed by atoms with Crippen molar-refractivity contribution < 1.29 is 45.0 Å². The Morgan fingerprint density at radius 3 is 1.86 bits per heavy atom. The molecule has 1 N–H and O–H groups in total. The van der Waals surface area contributed by atoms with E-state index in [1.165, 1.54) is 5.32 Å². The van der Waals surface area contributed by atoms with Crippen LogP contribution >= 0.6 is 0 Å². The van der Waals surface area contributed by atoms with Crippen molar-refractivity contribution in [1.82, 2.24) is 0 Å². The van der Waals surface area contributed by atoms with Gasteiger partial charge in [-0.25, -0.2) is 0 Å². The molecule has 22 heavy (non-hydrogen) atoms. The van der Waals surface area contributed by atoms with Crippen molar-refractivity contribution in [2.24, 2.45) is 0 Å². The molecule has 0 fully saturated rings. The molecule has 0 saturated carbocycles. The minimum Gasteiger partial charge on any atom is -0.406 e. The number of ether oxygens (including phenoxy) is 2. The van der Waals surface area contributed by atoms with Gasteiger partial charge in [0.2, 0.25) is 0 Å². The van der Waals surface area contributed by atoms with Gasteiger partial charge in [-0.15, -0.1) is 13.2 Å². The molecule has 0 saturated heterocycles. The zero-order chi connectivity index (χ0) is 17.2. The van der Waals surface area contributed by atoms with Crippen molar-refractivity contribution in [2.45, 2.75) is 18.4 Å². The molecule has 0 aliphatic rings. The van der Waals surface area contributed by atoms with Crippen molar-refractivity contribution in [1.29, 1.82) is 0 Å². The predicted molar refractivity (Wildman–Crippen MR) is 58.7 cm³/mol. The van der Waals surface area contributed by atoms with Crippen LogP contribution in [0.4, 0.5) is 36.4 Å². The van der Waals surface area contributed by atoms with Crippen molar-refractivity contribution >= 4 is 11.6 Å². The van der Waals surface area contributed by atoms with E-state index >= 15 is 0 Å². The van der Waals surface area contributed by atoms with E-state index in [-0.39, 0.29) is 5.69 Å². The number of benzene rings is 1. The van der Waals surface area contributed by atoms with Crippen molar-refractivity contribution in [3.05, 3.63) is 24.3 Å². The van der Waals surface area contributed by atoms with E-state index in [1.807, 2.05) is 0 Å². The number of carbonyl (C=O) groups excluding carboxylic acids is 1. The van der Waals surface area contributed by atoms with Crippen molar-refractivity contribution in [3.63, 3.8) is 0 Å². The van der Waals surface area contributed by atoms with Gasteiger partial charge in [0.1, 0.15) is 5.75 Å². The normalized spacial score (nSPS) is 15.1. The minimum atomic E-state index is -5.63. The van der Waals surface area contributed by atoms with E-state index in [1.54, 1.807) is 0 Å². The van der Waals surface area contributed by atoms with E-state index in [9.17, 15) is 35.5 Å². The van der Waals surface area contributed by atoms with E-state index < -0.39 is 30.1 Å². The number of halogens is 7. The van der Waals surface area contributed by atoms with E-state index in [2.05, 4.69) is 9.47 Å². The molecule has 1 rings (SSSR count). The summed E-state index contributed by atoms with van der Waals surface area (Å²) in [5.41, 5.74) is -0.386. The minimum absolute atomic E-state index is 0.341. The second-order valence-electron chi connectivity index (χ2n) is 3.82. The van der Waals surface area contributed by atoms with Gasteiger partial charge in [0, 0.05) is 12.8 Å². The largest absolute Gasteiger partial charge is 0.573 e. The summed E-state index contributed by atoms with van der Waals surface area (Å²) in [5.74, 6) is -7.43. The first-order valence-electron chi connectivity index (χ1n) is 5.37. The fourth-order valence-electron chi connectivity index (χ4n) is 1.29. The standard InChI is InChI=1S/C11H8F7NO3/c1-21-9(12,10(13,14)15)8(20)19-6-2-4-7(5-3-6)22-11(16,17)18/h2-5H,1H3,(H,19,20). The molecular formula is C11H8F7NO3. The lowest BCUT2D eigenvalue weighted by atomic mass is 10.2. The fraction of sp³-hybridized carbons (Fsp3) is 0.364. The Bertz CT molecular complexity index is 526. The first-order valence-corrected chi connectivity index (χ1v) is 5.37. The number of carbonyl (C=O) groups is 1. The molecule has 0 bridgehead atoms. The SMILES string of the molecule is COC(F)(C(=O)Nc1ccc(OC(F)(F)F)cc1)C(F)(F)F. The summed E-state index contributed by atoms with van der Waals surface area (Å²) in [6.07, 6.45) is -10.6. The van der Waals surface area contributed by atoms with E-state index in [0.29, 0.717) is 7.11 Å². The molecule has 0 aromatic heterocycles. The van der Waals surface area contributed by atoms with E-state index in [4.69, 9.17) is 0 Å². The summed E-state index contributed by atoms with van der Waals surface area (Å²) in [4.78, 5) is 11.3. The summed E-state index contributed by atoms with van der Waals surface area (Å²) in [6.45, 7) is 0. The van der Waals surface area contributed by atoms with Gasteiger partial charge < -0.3 is 14.8 Å². The van der Waals surface area contributed by atoms with Crippen LogP contribution in [0.2, 0.25) is 0 Å². The van der Waals surface area contributed by atoms with Crippen LogP contribution in [-0.2, 0) is 9.53 Å². The Labute approximate surface area is 118 Å². The predicted octanol–water partition coefficient (Wildman–Crippen LogP) is 3.40. The van der Waals surface area contributed by atoms with Crippen LogP contribution in [0, 0.1) is 0 Å². The van der Waals surface area contributed by atoms with Crippen molar-refractivity contribution in [3.8, 4) is 5.75 Å². The van der Waals surface area contributed by atoms with Gasteiger partial charge >= 0.3 is 18.4 Å². The molecular weight excluding hydrogens is 327 g/mol. The quantitative estimate of drug-likeness (QED) is 0.858. The number of methoxy groups -OCH3 is 1. The first-order chi connectivity index (χ1) is 9.89. The topological polar surface area (TPSA) is 47.6 Å². The molecule has 0 spiro atoms. The third-order valence-electron chi connectivity index (χ3n) is 2.28. The fourth-order valence-corrected chi connectivity index (χ4v) is 1.29. The van der Waals surface area contributed by atoms with Gasteiger partial charge in [-0.05, 0) is 24.3 Å². The summed E-state index contributed by atoms with van der Waals surface area (Å²) in [6, 6.07) is 3.05. The monoisotopic (exact) mass is 335 g/mol. The molecule has 0 radical (unpaired) electrons. The number of anilines is 1. The highest BCUT2D eigenvalue weighted by Gasteiger charge is 2.63. The Balaban J connectivity index is 2.85. The second kappa shape index (κ2) is 5.99. The zero-order valence-corrected chi connectivity index (χ0v) is 10.7. The summed E-state index contributed by atoms with van der Waals surface area (Å²) < 4.78 is 93.4. The highest BCUT2D eigenvalue weighted by atomic mass is 19.4. The molecule has 0 aliphatic carbocycles. The van der Waals surface area contributed by atoms with Gasteiger partial charge in [0.15, 0.2) is 0 Å². The average molecular weight is 335 g/mol. The lowest BCUT2D eigenvalue weighted by Crippen LogP contribution is -2.52. The maximum absolute atomic E-state index is 13.5. The molecule has 0 aliphatic heterocycles. The molecule has 1 aromatic carbocycles. The lowest BCUT2D eigenvalue weighted by Gasteiger charge is -2.24. The molecule has 124 valence electrons. The summed E-state index contributed by atoms with van der Waals surface area (Å²) in [7, 11) is 0.341. The van der Waals surface area contributed by atoms with Gasteiger partial charge in [0.25, 0.3) is 5.91 Å². The lowest BCUT2D eigenvalue weighted by molar-refractivity contribution is -0.305. The number of rotatable bonds is 4. The van der Waals surface area contributed by atoms with Crippen LogP contribution in [0.3, 0.4) is 0 Å². The number of alkyl halides is 7. The van der Waals surface area contributed by atoms with Crippen LogP contribution < -0.4 is 10.1 Å². The number of nitrogens with one attached hydrogen (secondary N) is 1. The zero-order valence-electron chi connectivity index (χ0n) is 10.7. The van der Waals surface area contributed by atoms with Crippen LogP contribution in [0.15, 0.2) is 24.3 Å². The summed E-state index contributed by atoms with van der Waals surface area (Å²) in [5, 5.41) is 1.53. The Hall–Kier alpha value is -2.04. The smallest absolute Gasteiger partial charge is 0.406 e. The molecule has 11 heteroatoms. The molecule has 1 aromatic rings. The number of amides is 1. The van der Waals surface area contributed by atoms with Gasteiger partial charge in [-0.2, -0.15) is 17.6 Å². The van der Waals surface area contributed by atoms with E-state index in [0.717, 1.165) is 24.3 Å². The molecule has 1 amide bonds. The Morgan fingerprint density at radius 2 is 1.50 bits per heavy atom. The summed E-state index contributed by atoms with van der Waals surface area (Å²) >= 11 is 0. The van der Waals surface area contributed by atoms with Crippen LogP contribution in [0.1, 0.15) is 0 Å². The van der Waals surface area contributed by atoms with Crippen LogP contribution in [0.5, 0.6) is 5.75 Å².